The zero-order valence-corrected chi connectivity index (χ0v) is 15.7. The van der Waals surface area contributed by atoms with Gasteiger partial charge < -0.3 is 10.2 Å². The first kappa shape index (κ1) is 17.1. The molecule has 0 unspecified atom stereocenters. The van der Waals surface area contributed by atoms with Crippen LogP contribution in [0.2, 0.25) is 5.02 Å². The molecule has 26 heavy (non-hydrogen) atoms. The Kier molecular flexibility index (Phi) is 4.91. The van der Waals surface area contributed by atoms with Crippen LogP contribution < -0.4 is 10.2 Å². The fraction of sp³-hybridized carbons (Fsp3) is 0.200. The van der Waals surface area contributed by atoms with Crippen LogP contribution in [0.1, 0.15) is 23.2 Å². The molecule has 1 fully saturated rings. The number of hydrogen-bond donors (Lipinski definition) is 1. The van der Waals surface area contributed by atoms with Crippen LogP contribution in [0, 0.1) is 0 Å². The predicted molar refractivity (Wildman–Crippen MR) is 108 cm³/mol. The Balaban J connectivity index is 1.52. The Morgan fingerprint density at radius 3 is 2.73 bits per heavy atom. The Morgan fingerprint density at radius 2 is 1.92 bits per heavy atom. The van der Waals surface area contributed by atoms with Gasteiger partial charge in [-0.25, -0.2) is 4.98 Å². The van der Waals surface area contributed by atoms with Gasteiger partial charge in [0.2, 0.25) is 0 Å². The number of thiazole rings is 1. The van der Waals surface area contributed by atoms with E-state index < -0.39 is 0 Å². The van der Waals surface area contributed by atoms with Gasteiger partial charge in [-0.1, -0.05) is 29.8 Å². The van der Waals surface area contributed by atoms with Crippen LogP contribution in [0.3, 0.4) is 0 Å². The first-order valence-electron chi connectivity index (χ1n) is 8.57. The molecule has 1 aliphatic rings. The molecule has 0 radical (unpaired) electrons. The van der Waals surface area contributed by atoms with Gasteiger partial charge in [-0.3, -0.25) is 4.79 Å². The van der Waals surface area contributed by atoms with Crippen molar-refractivity contribution in [2.24, 2.45) is 0 Å². The van der Waals surface area contributed by atoms with Crippen LogP contribution in [0.25, 0.3) is 11.3 Å². The third kappa shape index (κ3) is 3.74. The molecule has 132 valence electrons. The number of carbonyl (C=O) groups is 1. The van der Waals surface area contributed by atoms with E-state index in [2.05, 4.69) is 15.6 Å². The Bertz CT molecular complexity index is 934. The van der Waals surface area contributed by atoms with E-state index in [1.807, 2.05) is 24.3 Å². The highest BCUT2D eigenvalue weighted by atomic mass is 35.5. The number of aromatic nitrogens is 1. The van der Waals surface area contributed by atoms with Gasteiger partial charge in [0.1, 0.15) is 0 Å². The van der Waals surface area contributed by atoms with Gasteiger partial charge in [0.25, 0.3) is 5.91 Å². The zero-order chi connectivity index (χ0) is 17.9. The summed E-state index contributed by atoms with van der Waals surface area (Å²) in [5, 5.41) is 6.62. The van der Waals surface area contributed by atoms with Gasteiger partial charge in [-0.2, -0.15) is 0 Å². The van der Waals surface area contributed by atoms with Crippen molar-refractivity contribution in [3.63, 3.8) is 0 Å². The van der Waals surface area contributed by atoms with Gasteiger partial charge in [0.05, 0.1) is 5.69 Å². The van der Waals surface area contributed by atoms with E-state index in [0.29, 0.717) is 10.6 Å². The monoisotopic (exact) mass is 383 g/mol. The molecular weight excluding hydrogens is 366 g/mol. The maximum atomic E-state index is 12.4. The molecule has 0 atom stereocenters. The van der Waals surface area contributed by atoms with Gasteiger partial charge in [0, 0.05) is 40.3 Å². The minimum atomic E-state index is -0.180. The van der Waals surface area contributed by atoms with Crippen molar-refractivity contribution >= 4 is 39.7 Å². The number of carbonyl (C=O) groups excluding carboxylic acids is 1. The smallest absolute Gasteiger partial charge is 0.255 e. The number of rotatable bonds is 4. The molecule has 1 saturated heterocycles. The summed E-state index contributed by atoms with van der Waals surface area (Å²) in [5.74, 6) is -0.180. The molecule has 4 nitrogen and oxygen atoms in total. The standard InChI is InChI=1S/C20H18ClN3OS/c21-16-7-3-6-15(11-16)19(25)22-17-8-4-5-14(12-17)18-13-26-20(23-18)24-9-1-2-10-24/h3-8,11-13H,1-2,9-10H2,(H,22,25). The molecular formula is C20H18ClN3OS. The number of nitrogens with one attached hydrogen (secondary N) is 1. The number of halogens is 1. The maximum Gasteiger partial charge on any atom is 0.255 e. The van der Waals surface area contributed by atoms with Crippen LogP contribution >= 0.6 is 22.9 Å². The summed E-state index contributed by atoms with van der Waals surface area (Å²) in [6.07, 6.45) is 2.47. The Labute approximate surface area is 161 Å². The van der Waals surface area contributed by atoms with Crippen molar-refractivity contribution in [3.05, 3.63) is 64.5 Å². The summed E-state index contributed by atoms with van der Waals surface area (Å²) in [7, 11) is 0. The molecule has 6 heteroatoms. The lowest BCUT2D eigenvalue weighted by Crippen LogP contribution is -2.17. The average molecular weight is 384 g/mol. The highest BCUT2D eigenvalue weighted by molar-refractivity contribution is 7.14. The highest BCUT2D eigenvalue weighted by Gasteiger charge is 2.16. The van der Waals surface area contributed by atoms with Crippen molar-refractivity contribution in [2.45, 2.75) is 12.8 Å². The van der Waals surface area contributed by atoms with E-state index >= 15 is 0 Å². The fourth-order valence-electron chi connectivity index (χ4n) is 3.04. The molecule has 1 aliphatic heterocycles. The molecule has 1 amide bonds. The third-order valence-corrected chi connectivity index (χ3v) is 5.51. The Hall–Kier alpha value is -2.37. The van der Waals surface area contributed by atoms with Crippen LogP contribution in [0.4, 0.5) is 10.8 Å². The van der Waals surface area contributed by atoms with Crippen molar-refractivity contribution in [3.8, 4) is 11.3 Å². The van der Waals surface area contributed by atoms with Gasteiger partial charge >= 0.3 is 0 Å². The first-order chi connectivity index (χ1) is 12.7. The van der Waals surface area contributed by atoms with Crippen molar-refractivity contribution in [1.29, 1.82) is 0 Å². The second-order valence-corrected chi connectivity index (χ2v) is 7.53. The first-order valence-corrected chi connectivity index (χ1v) is 9.83. The summed E-state index contributed by atoms with van der Waals surface area (Å²) >= 11 is 7.63. The number of hydrogen-bond acceptors (Lipinski definition) is 4. The van der Waals surface area contributed by atoms with E-state index in [1.165, 1.54) is 12.8 Å². The lowest BCUT2D eigenvalue weighted by molar-refractivity contribution is 0.102. The number of amides is 1. The predicted octanol–water partition coefficient (Wildman–Crippen LogP) is 5.32. The molecule has 2 heterocycles. The molecule has 1 N–H and O–H groups in total. The van der Waals surface area contributed by atoms with E-state index in [4.69, 9.17) is 16.6 Å². The SMILES string of the molecule is O=C(Nc1cccc(-c2csc(N3CCCC3)n2)c1)c1cccc(Cl)c1. The van der Waals surface area contributed by atoms with E-state index in [1.54, 1.807) is 35.6 Å². The van der Waals surface area contributed by atoms with E-state index in [0.717, 1.165) is 35.2 Å². The number of anilines is 2. The lowest BCUT2D eigenvalue weighted by atomic mass is 10.1. The van der Waals surface area contributed by atoms with Crippen LogP contribution in [0.5, 0.6) is 0 Å². The summed E-state index contributed by atoms with van der Waals surface area (Å²) in [6, 6.07) is 14.7. The summed E-state index contributed by atoms with van der Waals surface area (Å²) in [4.78, 5) is 19.5. The maximum absolute atomic E-state index is 12.4. The second kappa shape index (κ2) is 7.48. The molecule has 2 aromatic carbocycles. The minimum absolute atomic E-state index is 0.180. The van der Waals surface area contributed by atoms with Crippen molar-refractivity contribution in [2.75, 3.05) is 23.3 Å². The summed E-state index contributed by atoms with van der Waals surface area (Å²) < 4.78 is 0. The van der Waals surface area contributed by atoms with Crippen LogP contribution in [-0.2, 0) is 0 Å². The van der Waals surface area contributed by atoms with Gasteiger partial charge in [0.15, 0.2) is 5.13 Å². The minimum Gasteiger partial charge on any atom is -0.348 e. The quantitative estimate of drug-likeness (QED) is 0.663. The second-order valence-electron chi connectivity index (χ2n) is 6.25. The molecule has 0 saturated carbocycles. The molecule has 0 spiro atoms. The molecule has 1 aromatic heterocycles. The topological polar surface area (TPSA) is 45.2 Å². The summed E-state index contributed by atoms with van der Waals surface area (Å²) in [6.45, 7) is 2.17. The molecule has 0 aliphatic carbocycles. The molecule has 0 bridgehead atoms. The van der Waals surface area contributed by atoms with E-state index in [-0.39, 0.29) is 5.91 Å². The molecule has 3 aromatic rings. The Morgan fingerprint density at radius 1 is 1.12 bits per heavy atom. The molecule has 4 rings (SSSR count). The highest BCUT2D eigenvalue weighted by Crippen LogP contribution is 2.30. The average Bonchev–Trinajstić information content (AvgIpc) is 3.33. The third-order valence-electron chi connectivity index (χ3n) is 4.37. The largest absolute Gasteiger partial charge is 0.348 e. The van der Waals surface area contributed by atoms with Crippen molar-refractivity contribution in [1.82, 2.24) is 4.98 Å². The van der Waals surface area contributed by atoms with Crippen LogP contribution in [-0.4, -0.2) is 24.0 Å². The fourth-order valence-corrected chi connectivity index (χ4v) is 4.12. The van der Waals surface area contributed by atoms with Crippen molar-refractivity contribution < 1.29 is 4.79 Å². The zero-order valence-electron chi connectivity index (χ0n) is 14.1. The van der Waals surface area contributed by atoms with E-state index in [9.17, 15) is 4.79 Å². The lowest BCUT2D eigenvalue weighted by Gasteiger charge is -2.12. The van der Waals surface area contributed by atoms with Crippen LogP contribution in [0.15, 0.2) is 53.9 Å². The normalized spacial score (nSPS) is 13.8. The summed E-state index contributed by atoms with van der Waals surface area (Å²) in [5.41, 5.74) is 3.21. The number of benzene rings is 2. The van der Waals surface area contributed by atoms with Gasteiger partial charge in [-0.15, -0.1) is 11.3 Å². The van der Waals surface area contributed by atoms with Gasteiger partial charge in [-0.05, 0) is 43.2 Å². The number of nitrogens with zero attached hydrogens (tertiary/aromatic N) is 2.